The van der Waals surface area contributed by atoms with Crippen molar-refractivity contribution in [2.24, 2.45) is 0 Å². The number of sulfonamides is 1. The quantitative estimate of drug-likeness (QED) is 0.467. The molecule has 4 aromatic rings. The van der Waals surface area contributed by atoms with E-state index in [-0.39, 0.29) is 4.90 Å². The summed E-state index contributed by atoms with van der Waals surface area (Å²) < 4.78 is 36.0. The van der Waals surface area contributed by atoms with Gasteiger partial charge in [-0.1, -0.05) is 23.3 Å². The first-order valence-corrected chi connectivity index (χ1v) is 11.1. The molecule has 0 spiro atoms. The second kappa shape index (κ2) is 7.92. The zero-order valence-corrected chi connectivity index (χ0v) is 17.8. The molecule has 0 amide bonds. The van der Waals surface area contributed by atoms with Gasteiger partial charge in [-0.05, 0) is 56.0 Å². The van der Waals surface area contributed by atoms with Crippen molar-refractivity contribution in [3.8, 4) is 11.8 Å². The lowest BCUT2D eigenvalue weighted by molar-refractivity contribution is 0.408. The molecule has 0 saturated carbocycles. The van der Waals surface area contributed by atoms with Gasteiger partial charge >= 0.3 is 6.01 Å². The molecule has 1 atom stereocenters. The van der Waals surface area contributed by atoms with Crippen LogP contribution in [-0.2, 0) is 16.6 Å². The van der Waals surface area contributed by atoms with Gasteiger partial charge in [-0.25, -0.2) is 13.1 Å². The first-order valence-electron chi connectivity index (χ1n) is 9.65. The van der Waals surface area contributed by atoms with Gasteiger partial charge in [0.2, 0.25) is 10.0 Å². The standard InChI is InChI=1S/C21H23N5O3S/c1-4-26-20(15(3)25-30(27,28)19-8-6-5-7-14(19)2)23-24-21(26)29-17-10-9-16-11-12-22-18(16)13-17/h5-13,15,22,25H,4H2,1-3H3/t15-/m1/s1. The van der Waals surface area contributed by atoms with Crippen LogP contribution in [0.3, 0.4) is 0 Å². The second-order valence-electron chi connectivity index (χ2n) is 7.02. The van der Waals surface area contributed by atoms with Gasteiger partial charge in [-0.2, -0.15) is 0 Å². The van der Waals surface area contributed by atoms with Crippen LogP contribution >= 0.6 is 0 Å². The molecule has 2 aromatic heterocycles. The van der Waals surface area contributed by atoms with Crippen molar-refractivity contribution >= 4 is 20.9 Å². The third-order valence-electron chi connectivity index (χ3n) is 4.90. The number of aromatic nitrogens is 4. The summed E-state index contributed by atoms with van der Waals surface area (Å²) in [6.07, 6.45) is 1.86. The summed E-state index contributed by atoms with van der Waals surface area (Å²) >= 11 is 0. The van der Waals surface area contributed by atoms with Crippen LogP contribution in [-0.4, -0.2) is 28.2 Å². The van der Waals surface area contributed by atoms with E-state index in [0.29, 0.717) is 29.7 Å². The molecule has 0 fully saturated rings. The molecule has 0 radical (unpaired) electrons. The molecular weight excluding hydrogens is 402 g/mol. The summed E-state index contributed by atoms with van der Waals surface area (Å²) in [5.41, 5.74) is 1.63. The van der Waals surface area contributed by atoms with Crippen LogP contribution < -0.4 is 9.46 Å². The molecule has 4 rings (SSSR count). The van der Waals surface area contributed by atoms with Crippen LogP contribution in [0, 0.1) is 6.92 Å². The van der Waals surface area contributed by atoms with Crippen molar-refractivity contribution in [3.63, 3.8) is 0 Å². The molecule has 2 aromatic carbocycles. The number of H-pyrrole nitrogens is 1. The lowest BCUT2D eigenvalue weighted by Crippen LogP contribution is -2.29. The highest BCUT2D eigenvalue weighted by molar-refractivity contribution is 7.89. The van der Waals surface area contributed by atoms with Gasteiger partial charge in [0, 0.05) is 24.3 Å². The molecule has 0 saturated heterocycles. The summed E-state index contributed by atoms with van der Waals surface area (Å²) in [5, 5.41) is 9.41. The van der Waals surface area contributed by atoms with Crippen LogP contribution in [0.5, 0.6) is 11.8 Å². The van der Waals surface area contributed by atoms with E-state index in [4.69, 9.17) is 4.74 Å². The minimum absolute atomic E-state index is 0.245. The first kappa shape index (κ1) is 20.1. The van der Waals surface area contributed by atoms with Gasteiger partial charge in [0.25, 0.3) is 0 Å². The normalized spacial score (nSPS) is 12.9. The number of fused-ring (bicyclic) bond motifs is 1. The number of nitrogens with one attached hydrogen (secondary N) is 2. The van der Waals surface area contributed by atoms with E-state index in [1.165, 1.54) is 0 Å². The van der Waals surface area contributed by atoms with E-state index >= 15 is 0 Å². The van der Waals surface area contributed by atoms with Crippen molar-refractivity contribution < 1.29 is 13.2 Å². The van der Waals surface area contributed by atoms with Crippen molar-refractivity contribution in [2.45, 2.75) is 38.3 Å². The van der Waals surface area contributed by atoms with Crippen LogP contribution in [0.15, 0.2) is 59.6 Å². The molecule has 0 aliphatic carbocycles. The molecule has 9 heteroatoms. The van der Waals surface area contributed by atoms with Gasteiger partial charge in [-0.15, -0.1) is 5.10 Å². The van der Waals surface area contributed by atoms with Gasteiger partial charge in [0.05, 0.1) is 10.9 Å². The fraction of sp³-hybridized carbons (Fsp3) is 0.238. The number of aromatic amines is 1. The minimum Gasteiger partial charge on any atom is -0.424 e. The summed E-state index contributed by atoms with van der Waals surface area (Å²) in [4.78, 5) is 3.39. The monoisotopic (exact) mass is 425 g/mol. The average Bonchev–Trinajstić information content (AvgIpc) is 3.34. The van der Waals surface area contributed by atoms with E-state index in [2.05, 4.69) is 19.9 Å². The number of aryl methyl sites for hydroxylation is 1. The molecule has 156 valence electrons. The van der Waals surface area contributed by atoms with Gasteiger partial charge in [-0.3, -0.25) is 4.57 Å². The van der Waals surface area contributed by atoms with Crippen LogP contribution in [0.25, 0.3) is 10.9 Å². The van der Waals surface area contributed by atoms with Crippen molar-refractivity contribution in [1.82, 2.24) is 24.5 Å². The zero-order chi connectivity index (χ0) is 21.3. The lowest BCUT2D eigenvalue weighted by atomic mass is 10.2. The number of ether oxygens (including phenoxy) is 1. The maximum Gasteiger partial charge on any atom is 0.322 e. The number of hydrogen-bond donors (Lipinski definition) is 2. The van der Waals surface area contributed by atoms with Crippen molar-refractivity contribution in [3.05, 3.63) is 66.1 Å². The Morgan fingerprint density at radius 3 is 2.73 bits per heavy atom. The fourth-order valence-corrected chi connectivity index (χ4v) is 4.84. The second-order valence-corrected chi connectivity index (χ2v) is 8.70. The Morgan fingerprint density at radius 1 is 1.17 bits per heavy atom. The molecule has 0 aliphatic heterocycles. The molecule has 2 heterocycles. The Bertz CT molecular complexity index is 1290. The molecule has 0 unspecified atom stereocenters. The van der Waals surface area contributed by atoms with Crippen LogP contribution in [0.1, 0.15) is 31.3 Å². The number of rotatable bonds is 7. The highest BCUT2D eigenvalue weighted by atomic mass is 32.2. The van der Waals surface area contributed by atoms with E-state index in [1.54, 1.807) is 42.7 Å². The van der Waals surface area contributed by atoms with Crippen molar-refractivity contribution in [1.29, 1.82) is 0 Å². The van der Waals surface area contributed by atoms with Gasteiger partial charge < -0.3 is 9.72 Å². The van der Waals surface area contributed by atoms with Gasteiger partial charge in [0.1, 0.15) is 5.75 Å². The maximum absolute atomic E-state index is 12.8. The number of nitrogens with zero attached hydrogens (tertiary/aromatic N) is 3. The molecule has 30 heavy (non-hydrogen) atoms. The third kappa shape index (κ3) is 3.81. The lowest BCUT2D eigenvalue weighted by Gasteiger charge is -2.16. The minimum atomic E-state index is -3.71. The summed E-state index contributed by atoms with van der Waals surface area (Å²) in [7, 11) is -3.71. The van der Waals surface area contributed by atoms with E-state index in [0.717, 1.165) is 10.9 Å². The Morgan fingerprint density at radius 2 is 1.97 bits per heavy atom. The Balaban J connectivity index is 1.59. The highest BCUT2D eigenvalue weighted by Gasteiger charge is 2.25. The first-order chi connectivity index (χ1) is 14.4. The number of hydrogen-bond acceptors (Lipinski definition) is 5. The summed E-state index contributed by atoms with van der Waals surface area (Å²) in [6.45, 7) is 5.96. The Kier molecular flexibility index (Phi) is 5.31. The fourth-order valence-electron chi connectivity index (χ4n) is 3.40. The predicted octanol–water partition coefficient (Wildman–Crippen LogP) is 3.92. The summed E-state index contributed by atoms with van der Waals surface area (Å²) in [6, 6.07) is 14.2. The van der Waals surface area contributed by atoms with E-state index in [9.17, 15) is 8.42 Å². The van der Waals surface area contributed by atoms with E-state index < -0.39 is 16.1 Å². The molecular formula is C21H23N5O3S. The SMILES string of the molecule is CCn1c(Oc2ccc3cc[nH]c3c2)nnc1[C@@H](C)NS(=O)(=O)c1ccccc1C. The van der Waals surface area contributed by atoms with E-state index in [1.807, 2.05) is 37.4 Å². The predicted molar refractivity (Wildman–Crippen MR) is 114 cm³/mol. The maximum atomic E-state index is 12.8. The number of benzene rings is 2. The molecule has 2 N–H and O–H groups in total. The third-order valence-corrected chi connectivity index (χ3v) is 6.60. The summed E-state index contributed by atoms with van der Waals surface area (Å²) in [5.74, 6) is 1.09. The molecule has 0 aliphatic rings. The topological polar surface area (TPSA) is 102 Å². The van der Waals surface area contributed by atoms with Crippen LogP contribution in [0.4, 0.5) is 0 Å². The molecule has 0 bridgehead atoms. The highest BCUT2D eigenvalue weighted by Crippen LogP contribution is 2.26. The molecule has 8 nitrogen and oxygen atoms in total. The zero-order valence-electron chi connectivity index (χ0n) is 17.0. The Hall–Kier alpha value is -3.17. The van der Waals surface area contributed by atoms with Crippen LogP contribution in [0.2, 0.25) is 0 Å². The smallest absolute Gasteiger partial charge is 0.322 e. The Labute approximate surface area is 175 Å². The van der Waals surface area contributed by atoms with Crippen molar-refractivity contribution in [2.75, 3.05) is 0 Å². The average molecular weight is 426 g/mol. The largest absolute Gasteiger partial charge is 0.424 e. The van der Waals surface area contributed by atoms with Gasteiger partial charge in [0.15, 0.2) is 5.82 Å².